The van der Waals surface area contributed by atoms with Crippen LogP contribution in [0.3, 0.4) is 0 Å². The number of nitrogens with zero attached hydrogens (tertiary/aromatic N) is 4. The van der Waals surface area contributed by atoms with Gasteiger partial charge in [0.05, 0.1) is 0 Å². The fourth-order valence-electron chi connectivity index (χ4n) is 0. The standard InChI is InChI=1S/C.4N.3Ti/q;4*-3;3*+4. The van der Waals surface area contributed by atoms with Gasteiger partial charge in [0.1, 0.15) is 0 Å². The molecule has 36 valence electrons. The van der Waals surface area contributed by atoms with E-state index in [0.717, 1.165) is 0 Å². The summed E-state index contributed by atoms with van der Waals surface area (Å²) >= 11 is 0. The SMILES string of the molecule is [C].[N-3].[N-3].[N-3].[N-3].[Ti+4].[Ti+4].[Ti+4]. The van der Waals surface area contributed by atoms with Crippen LogP contribution in [0, 0.1) is 7.43 Å². The molecule has 7 heteroatoms. The average Bonchev–Trinajstić information content (AvgIpc) is 0. The van der Waals surface area contributed by atoms with Crippen LogP contribution in [0.1, 0.15) is 0 Å². The summed E-state index contributed by atoms with van der Waals surface area (Å²) in [5.41, 5.74) is 0. The van der Waals surface area contributed by atoms with Crippen LogP contribution >= 0.6 is 0 Å². The predicted molar refractivity (Wildman–Crippen MR) is 16.7 cm³/mol. The van der Waals surface area contributed by atoms with Crippen molar-refractivity contribution in [1.82, 2.24) is 0 Å². The van der Waals surface area contributed by atoms with Gasteiger partial charge in [-0.15, -0.1) is 0 Å². The minimum atomic E-state index is 0. The zero-order valence-electron chi connectivity index (χ0n) is 3.79. The molecular weight excluding hydrogens is 212 g/mol. The normalized spacial score (nSPS) is 0. The zero-order valence-corrected chi connectivity index (χ0v) is 8.47. The van der Waals surface area contributed by atoms with Crippen LogP contribution in [0.25, 0.3) is 24.6 Å². The first kappa shape index (κ1) is 205. The van der Waals surface area contributed by atoms with E-state index in [1.807, 2.05) is 0 Å². The van der Waals surface area contributed by atoms with Crippen molar-refractivity contribution < 1.29 is 65.2 Å². The van der Waals surface area contributed by atoms with Crippen LogP contribution in [0.4, 0.5) is 0 Å². The van der Waals surface area contributed by atoms with E-state index in [1.54, 1.807) is 0 Å². The molecule has 0 heterocycles. The van der Waals surface area contributed by atoms with Crippen molar-refractivity contribution in [2.45, 2.75) is 0 Å². The Morgan fingerprint density at radius 1 is 0.375 bits per heavy atom. The average molecular weight is 212 g/mol. The smallest absolute Gasteiger partial charge is 3.00 e. The third-order valence-electron chi connectivity index (χ3n) is 0. The first-order valence-electron chi connectivity index (χ1n) is 0. The van der Waals surface area contributed by atoms with Gasteiger partial charge in [0.15, 0.2) is 0 Å². The number of hydrogen-bond donors (Lipinski definition) is 0. The summed E-state index contributed by atoms with van der Waals surface area (Å²) in [6.07, 6.45) is 0. The maximum atomic E-state index is 0. The van der Waals surface area contributed by atoms with Crippen LogP contribution in [0.15, 0.2) is 0 Å². The molecule has 0 bridgehead atoms. The van der Waals surface area contributed by atoms with E-state index in [2.05, 4.69) is 0 Å². The third-order valence-corrected chi connectivity index (χ3v) is 0. The molecule has 0 saturated carbocycles. The van der Waals surface area contributed by atoms with Gasteiger partial charge in [-0.3, -0.25) is 0 Å². The largest absolute Gasteiger partial charge is 4.00 e. The molecule has 0 aliphatic carbocycles. The molecule has 0 aliphatic heterocycles. The monoisotopic (exact) mass is 212 g/mol. The van der Waals surface area contributed by atoms with Gasteiger partial charge in [-0.2, -0.15) is 0 Å². The molecule has 8 heavy (non-hydrogen) atoms. The van der Waals surface area contributed by atoms with E-state index in [4.69, 9.17) is 0 Å². The molecular formula is CN4Ti3. The van der Waals surface area contributed by atoms with Crippen molar-refractivity contribution in [3.05, 3.63) is 32.0 Å². The first-order valence-corrected chi connectivity index (χ1v) is 0. The molecule has 0 atom stereocenters. The Kier molecular flexibility index (Phi) is 3730. The Bertz CT molecular complexity index is 11.2. The summed E-state index contributed by atoms with van der Waals surface area (Å²) in [5.74, 6) is 0. The van der Waals surface area contributed by atoms with E-state index < -0.39 is 0 Å². The van der Waals surface area contributed by atoms with Crippen LogP contribution in [-0.2, 0) is 65.2 Å². The quantitative estimate of drug-likeness (QED) is 0.535. The molecule has 0 aromatic heterocycles. The van der Waals surface area contributed by atoms with Gasteiger partial charge >= 0.3 is 65.2 Å². The summed E-state index contributed by atoms with van der Waals surface area (Å²) in [5, 5.41) is 0. The van der Waals surface area contributed by atoms with Crippen molar-refractivity contribution in [1.29, 1.82) is 0 Å². The molecule has 0 fully saturated rings. The molecule has 0 N–H and O–H groups in total. The molecule has 4 nitrogen and oxygen atoms in total. The number of rotatable bonds is 0. The van der Waals surface area contributed by atoms with Crippen LogP contribution < -0.4 is 0 Å². The topological polar surface area (TPSA) is 122 Å². The molecule has 0 aromatic carbocycles. The predicted octanol–water partition coefficient (Wildman–Crippen LogP) is 1.23. The first-order chi connectivity index (χ1) is 0. The molecule has 0 rings (SSSR count). The van der Waals surface area contributed by atoms with Gasteiger partial charge in [0.25, 0.3) is 0 Å². The Morgan fingerprint density at radius 3 is 0.375 bits per heavy atom. The zero-order chi connectivity index (χ0) is 0. The molecule has 0 unspecified atom stereocenters. The van der Waals surface area contributed by atoms with E-state index in [9.17, 15) is 0 Å². The Balaban J connectivity index is 0. The van der Waals surface area contributed by atoms with Gasteiger partial charge in [0, 0.05) is 7.43 Å². The van der Waals surface area contributed by atoms with Crippen LogP contribution in [-0.4, -0.2) is 0 Å². The molecule has 0 amide bonds. The van der Waals surface area contributed by atoms with Gasteiger partial charge in [-0.25, -0.2) is 0 Å². The van der Waals surface area contributed by atoms with Gasteiger partial charge in [0.2, 0.25) is 0 Å². The van der Waals surface area contributed by atoms with Gasteiger partial charge in [-0.1, -0.05) is 0 Å². The van der Waals surface area contributed by atoms with Crippen LogP contribution in [0.2, 0.25) is 0 Å². The minimum absolute atomic E-state index is 0. The summed E-state index contributed by atoms with van der Waals surface area (Å²) in [7, 11) is 0. The Labute approximate surface area is 96.3 Å². The maximum absolute atomic E-state index is 0. The van der Waals surface area contributed by atoms with E-state index in [0.29, 0.717) is 0 Å². The molecule has 0 aromatic rings. The molecule has 0 spiro atoms. The van der Waals surface area contributed by atoms with Gasteiger partial charge < -0.3 is 24.6 Å². The van der Waals surface area contributed by atoms with Crippen molar-refractivity contribution in [3.8, 4) is 0 Å². The second-order valence-electron chi connectivity index (χ2n) is 0. The summed E-state index contributed by atoms with van der Waals surface area (Å²) in [6.45, 7) is 0. The molecule has 4 radical (unpaired) electrons. The van der Waals surface area contributed by atoms with E-state index in [1.165, 1.54) is 0 Å². The van der Waals surface area contributed by atoms with Crippen molar-refractivity contribution >= 4 is 0 Å². The fourth-order valence-corrected chi connectivity index (χ4v) is 0. The van der Waals surface area contributed by atoms with Crippen LogP contribution in [0.5, 0.6) is 0 Å². The Hall–Kier alpha value is 1.98. The summed E-state index contributed by atoms with van der Waals surface area (Å²) in [6, 6.07) is 0. The Morgan fingerprint density at radius 2 is 0.375 bits per heavy atom. The van der Waals surface area contributed by atoms with Crippen molar-refractivity contribution in [3.63, 3.8) is 0 Å². The van der Waals surface area contributed by atoms with Crippen molar-refractivity contribution in [2.75, 3.05) is 0 Å². The van der Waals surface area contributed by atoms with Gasteiger partial charge in [-0.05, 0) is 0 Å². The second kappa shape index (κ2) is 146. The fraction of sp³-hybridized carbons (Fsp3) is 0. The maximum Gasteiger partial charge on any atom is 4.00 e. The van der Waals surface area contributed by atoms with E-state index >= 15 is 0 Å². The summed E-state index contributed by atoms with van der Waals surface area (Å²) < 4.78 is 0. The molecule has 0 aliphatic rings. The summed E-state index contributed by atoms with van der Waals surface area (Å²) in [4.78, 5) is 0. The van der Waals surface area contributed by atoms with Crippen molar-refractivity contribution in [2.24, 2.45) is 0 Å². The van der Waals surface area contributed by atoms with E-state index in [-0.39, 0.29) is 97.2 Å². The second-order valence-corrected chi connectivity index (χ2v) is 0. The minimum Gasteiger partial charge on any atom is -3.00 e. The number of hydrogen-bond acceptors (Lipinski definition) is 0. The third kappa shape index (κ3) is 99.0. The molecule has 0 saturated heterocycles.